The van der Waals surface area contributed by atoms with E-state index in [4.69, 9.17) is 0 Å². The quantitative estimate of drug-likeness (QED) is 0.857. The summed E-state index contributed by atoms with van der Waals surface area (Å²) < 4.78 is 26.1. The third kappa shape index (κ3) is 2.86. The minimum atomic E-state index is -0.570. The van der Waals surface area contributed by atoms with E-state index in [0.29, 0.717) is 12.2 Å². The van der Waals surface area contributed by atoms with E-state index in [1.54, 1.807) is 0 Å². The van der Waals surface area contributed by atoms with E-state index >= 15 is 0 Å². The largest absolute Gasteiger partial charge is 0.381 e. The van der Waals surface area contributed by atoms with Crippen LogP contribution in [0.1, 0.15) is 16.7 Å². The monoisotopic (exact) mass is 247 g/mol. The lowest BCUT2D eigenvalue weighted by atomic mass is 10.0. The summed E-state index contributed by atoms with van der Waals surface area (Å²) in [6, 6.07) is 9.49. The Kier molecular flexibility index (Phi) is 3.60. The maximum Gasteiger partial charge on any atom is 0.128 e. The molecule has 0 saturated heterocycles. The van der Waals surface area contributed by atoms with Gasteiger partial charge in [-0.25, -0.2) is 8.78 Å². The second-order valence-corrected chi connectivity index (χ2v) is 4.38. The van der Waals surface area contributed by atoms with Gasteiger partial charge in [-0.15, -0.1) is 0 Å². The van der Waals surface area contributed by atoms with Gasteiger partial charge in [0.05, 0.1) is 0 Å². The Bertz CT molecular complexity index is 524. The van der Waals surface area contributed by atoms with Crippen LogP contribution in [0.15, 0.2) is 36.4 Å². The molecule has 94 valence electrons. The number of rotatable bonds is 3. The van der Waals surface area contributed by atoms with Crippen molar-refractivity contribution < 1.29 is 8.78 Å². The Morgan fingerprint density at radius 3 is 2.06 bits per heavy atom. The number of nitrogens with one attached hydrogen (secondary N) is 1. The number of hydrogen-bond acceptors (Lipinski definition) is 1. The van der Waals surface area contributed by atoms with Crippen LogP contribution in [0.4, 0.5) is 14.5 Å². The zero-order chi connectivity index (χ0) is 13.1. The van der Waals surface area contributed by atoms with E-state index in [0.717, 1.165) is 11.6 Å². The Balaban J connectivity index is 2.16. The number of halogens is 2. The van der Waals surface area contributed by atoms with Crippen molar-refractivity contribution in [1.82, 2.24) is 0 Å². The van der Waals surface area contributed by atoms with Crippen LogP contribution in [-0.2, 0) is 6.54 Å². The van der Waals surface area contributed by atoms with Crippen LogP contribution >= 0.6 is 0 Å². The highest BCUT2D eigenvalue weighted by Crippen LogP contribution is 2.17. The zero-order valence-corrected chi connectivity index (χ0v) is 10.4. The highest BCUT2D eigenvalue weighted by molar-refractivity contribution is 5.46. The van der Waals surface area contributed by atoms with Crippen molar-refractivity contribution >= 4 is 5.69 Å². The standard InChI is InChI=1S/C15H15F2N/c1-10-4-3-5-11(2)15(10)9-18-14-7-12(16)6-13(17)8-14/h3-8,18H,9H2,1-2H3. The van der Waals surface area contributed by atoms with Crippen molar-refractivity contribution in [3.8, 4) is 0 Å². The first-order valence-electron chi connectivity index (χ1n) is 5.81. The van der Waals surface area contributed by atoms with Crippen LogP contribution in [0.3, 0.4) is 0 Å². The molecule has 0 aromatic heterocycles. The first kappa shape index (κ1) is 12.6. The fraction of sp³-hybridized carbons (Fsp3) is 0.200. The van der Waals surface area contributed by atoms with Gasteiger partial charge in [-0.05, 0) is 42.7 Å². The van der Waals surface area contributed by atoms with E-state index in [1.807, 2.05) is 32.0 Å². The third-order valence-corrected chi connectivity index (χ3v) is 2.98. The van der Waals surface area contributed by atoms with Crippen LogP contribution in [-0.4, -0.2) is 0 Å². The summed E-state index contributed by atoms with van der Waals surface area (Å²) in [4.78, 5) is 0. The Morgan fingerprint density at radius 2 is 1.50 bits per heavy atom. The number of hydrogen-bond donors (Lipinski definition) is 1. The maximum atomic E-state index is 13.0. The molecule has 0 fully saturated rings. The summed E-state index contributed by atoms with van der Waals surface area (Å²) in [6.07, 6.45) is 0. The normalized spacial score (nSPS) is 10.4. The van der Waals surface area contributed by atoms with Gasteiger partial charge in [0.15, 0.2) is 0 Å². The smallest absolute Gasteiger partial charge is 0.128 e. The van der Waals surface area contributed by atoms with Crippen LogP contribution in [0.5, 0.6) is 0 Å². The van der Waals surface area contributed by atoms with Crippen molar-refractivity contribution in [2.75, 3.05) is 5.32 Å². The summed E-state index contributed by atoms with van der Waals surface area (Å²) >= 11 is 0. The lowest BCUT2D eigenvalue weighted by Crippen LogP contribution is -2.04. The van der Waals surface area contributed by atoms with Crippen LogP contribution in [0.2, 0.25) is 0 Å². The van der Waals surface area contributed by atoms with Crippen molar-refractivity contribution in [2.45, 2.75) is 20.4 Å². The minimum Gasteiger partial charge on any atom is -0.381 e. The molecule has 0 radical (unpaired) electrons. The minimum absolute atomic E-state index is 0.454. The SMILES string of the molecule is Cc1cccc(C)c1CNc1cc(F)cc(F)c1. The Morgan fingerprint density at radius 1 is 0.944 bits per heavy atom. The van der Waals surface area contributed by atoms with E-state index < -0.39 is 11.6 Å². The average molecular weight is 247 g/mol. The molecule has 1 nitrogen and oxygen atoms in total. The van der Waals surface area contributed by atoms with E-state index in [9.17, 15) is 8.78 Å². The molecule has 0 aliphatic carbocycles. The van der Waals surface area contributed by atoms with Crippen molar-refractivity contribution in [3.05, 3.63) is 64.7 Å². The predicted octanol–water partition coefficient (Wildman–Crippen LogP) is 4.19. The van der Waals surface area contributed by atoms with Gasteiger partial charge in [-0.1, -0.05) is 18.2 Å². The van der Waals surface area contributed by atoms with E-state index in [2.05, 4.69) is 5.32 Å². The molecular weight excluding hydrogens is 232 g/mol. The second kappa shape index (κ2) is 5.17. The van der Waals surface area contributed by atoms with Crippen molar-refractivity contribution in [1.29, 1.82) is 0 Å². The van der Waals surface area contributed by atoms with Gasteiger partial charge in [0.1, 0.15) is 11.6 Å². The molecular formula is C15H15F2N. The average Bonchev–Trinajstić information content (AvgIpc) is 2.27. The molecule has 2 aromatic carbocycles. The predicted molar refractivity (Wildman–Crippen MR) is 69.6 cm³/mol. The molecule has 0 spiro atoms. The highest BCUT2D eigenvalue weighted by Gasteiger charge is 2.04. The zero-order valence-electron chi connectivity index (χ0n) is 10.4. The van der Waals surface area contributed by atoms with Gasteiger partial charge in [0, 0.05) is 18.3 Å². The van der Waals surface area contributed by atoms with E-state index in [-0.39, 0.29) is 0 Å². The molecule has 2 rings (SSSR count). The van der Waals surface area contributed by atoms with Gasteiger partial charge in [-0.2, -0.15) is 0 Å². The molecule has 0 saturated carbocycles. The molecule has 3 heteroatoms. The lowest BCUT2D eigenvalue weighted by molar-refractivity contribution is 0.584. The topological polar surface area (TPSA) is 12.0 Å². The van der Waals surface area contributed by atoms with Crippen LogP contribution in [0.25, 0.3) is 0 Å². The molecule has 0 aliphatic heterocycles. The van der Waals surface area contributed by atoms with Gasteiger partial charge >= 0.3 is 0 Å². The van der Waals surface area contributed by atoms with Gasteiger partial charge in [-0.3, -0.25) is 0 Å². The summed E-state index contributed by atoms with van der Waals surface area (Å²) in [5.41, 5.74) is 3.94. The van der Waals surface area contributed by atoms with Crippen molar-refractivity contribution in [2.24, 2.45) is 0 Å². The fourth-order valence-electron chi connectivity index (χ4n) is 1.97. The molecule has 2 aromatic rings. The van der Waals surface area contributed by atoms with Gasteiger partial charge in [0.25, 0.3) is 0 Å². The van der Waals surface area contributed by atoms with Crippen LogP contribution in [0, 0.1) is 25.5 Å². The first-order chi connectivity index (χ1) is 8.56. The highest BCUT2D eigenvalue weighted by atomic mass is 19.1. The number of aryl methyl sites for hydroxylation is 2. The van der Waals surface area contributed by atoms with Crippen LogP contribution < -0.4 is 5.32 Å². The molecule has 18 heavy (non-hydrogen) atoms. The summed E-state index contributed by atoms with van der Waals surface area (Å²) in [5, 5.41) is 3.04. The van der Waals surface area contributed by atoms with Crippen molar-refractivity contribution in [3.63, 3.8) is 0 Å². The second-order valence-electron chi connectivity index (χ2n) is 4.38. The molecule has 1 N–H and O–H groups in total. The first-order valence-corrected chi connectivity index (χ1v) is 5.81. The molecule has 0 amide bonds. The fourth-order valence-corrected chi connectivity index (χ4v) is 1.97. The maximum absolute atomic E-state index is 13.0. The molecule has 0 aliphatic rings. The number of anilines is 1. The van der Waals surface area contributed by atoms with Gasteiger partial charge in [0.2, 0.25) is 0 Å². The third-order valence-electron chi connectivity index (χ3n) is 2.98. The summed E-state index contributed by atoms with van der Waals surface area (Å²) in [5.74, 6) is -1.14. The van der Waals surface area contributed by atoms with E-state index in [1.165, 1.54) is 23.3 Å². The summed E-state index contributed by atoms with van der Waals surface area (Å²) in [6.45, 7) is 4.60. The molecule has 0 atom stereocenters. The van der Waals surface area contributed by atoms with Gasteiger partial charge < -0.3 is 5.32 Å². The number of benzene rings is 2. The summed E-state index contributed by atoms with van der Waals surface area (Å²) in [7, 11) is 0. The molecule has 0 bridgehead atoms. The Hall–Kier alpha value is -1.90. The Labute approximate surface area is 105 Å². The lowest BCUT2D eigenvalue weighted by Gasteiger charge is -2.12. The molecule has 0 heterocycles. The molecule has 0 unspecified atom stereocenters.